The number of likely N-dealkylation sites (N-methyl/N-ethyl adjacent to an activating group) is 1. The summed E-state index contributed by atoms with van der Waals surface area (Å²) >= 11 is 0. The van der Waals surface area contributed by atoms with Crippen molar-refractivity contribution in [2.45, 2.75) is 12.6 Å². The van der Waals surface area contributed by atoms with E-state index >= 15 is 0 Å². The molecule has 1 atom stereocenters. The number of carbonyl (C=O) groups excluding carboxylic acids is 1. The van der Waals surface area contributed by atoms with E-state index in [4.69, 9.17) is 5.73 Å². The zero-order valence-corrected chi connectivity index (χ0v) is 10.3. The van der Waals surface area contributed by atoms with Crippen LogP contribution in [0.25, 0.3) is 10.9 Å². The first-order chi connectivity index (χ1) is 8.63. The minimum atomic E-state index is -1.12. The van der Waals surface area contributed by atoms with Crippen LogP contribution in [0.1, 0.15) is 5.56 Å². The van der Waals surface area contributed by atoms with Crippen molar-refractivity contribution >= 4 is 16.8 Å². The number of aliphatic hydroxyl groups is 1. The van der Waals surface area contributed by atoms with Crippen molar-refractivity contribution < 1.29 is 9.90 Å². The van der Waals surface area contributed by atoms with Crippen molar-refractivity contribution in [2.75, 3.05) is 13.6 Å². The number of hydrogen-bond donors (Lipinski definition) is 3. The van der Waals surface area contributed by atoms with Crippen LogP contribution in [0.2, 0.25) is 0 Å². The van der Waals surface area contributed by atoms with Gasteiger partial charge in [0.1, 0.15) is 6.10 Å². The van der Waals surface area contributed by atoms with Crippen molar-refractivity contribution in [1.29, 1.82) is 0 Å². The molecule has 2 aromatic rings. The van der Waals surface area contributed by atoms with Gasteiger partial charge in [-0.15, -0.1) is 0 Å². The maximum Gasteiger partial charge on any atom is 0.252 e. The Morgan fingerprint density at radius 1 is 1.50 bits per heavy atom. The number of carbonyl (C=O) groups is 1. The van der Waals surface area contributed by atoms with Crippen molar-refractivity contribution in [2.24, 2.45) is 5.73 Å². The maximum absolute atomic E-state index is 11.7. The standard InChI is InChI=1S/C13H17N3O2/c1-16(13(18)12(17)6-14)8-9-7-15-11-5-3-2-4-10(9)11/h2-5,7,12,15,17H,6,8,14H2,1H3. The normalized spacial score (nSPS) is 12.6. The molecule has 0 aliphatic heterocycles. The summed E-state index contributed by atoms with van der Waals surface area (Å²) < 4.78 is 0. The molecule has 0 aliphatic carbocycles. The van der Waals surface area contributed by atoms with Crippen molar-refractivity contribution in [3.05, 3.63) is 36.0 Å². The minimum Gasteiger partial charge on any atom is -0.382 e. The van der Waals surface area contributed by atoms with Crippen LogP contribution in [0.3, 0.4) is 0 Å². The number of nitrogens with two attached hydrogens (primary N) is 1. The van der Waals surface area contributed by atoms with Gasteiger partial charge in [-0.05, 0) is 11.6 Å². The van der Waals surface area contributed by atoms with Gasteiger partial charge in [-0.3, -0.25) is 4.79 Å². The van der Waals surface area contributed by atoms with E-state index in [0.717, 1.165) is 16.5 Å². The maximum atomic E-state index is 11.7. The minimum absolute atomic E-state index is 0.0585. The van der Waals surface area contributed by atoms with E-state index in [-0.39, 0.29) is 12.5 Å². The van der Waals surface area contributed by atoms with E-state index < -0.39 is 6.10 Å². The summed E-state index contributed by atoms with van der Waals surface area (Å²) in [5.41, 5.74) is 7.33. The van der Waals surface area contributed by atoms with Gasteiger partial charge in [-0.25, -0.2) is 0 Å². The largest absolute Gasteiger partial charge is 0.382 e. The number of amides is 1. The monoisotopic (exact) mass is 247 g/mol. The molecule has 4 N–H and O–H groups in total. The number of aliphatic hydroxyl groups excluding tert-OH is 1. The SMILES string of the molecule is CN(Cc1c[nH]c2ccccc12)C(=O)C(O)CN. The first kappa shape index (κ1) is 12.6. The lowest BCUT2D eigenvalue weighted by atomic mass is 10.1. The second-order valence-electron chi connectivity index (χ2n) is 4.31. The highest BCUT2D eigenvalue weighted by Crippen LogP contribution is 2.18. The first-order valence-electron chi connectivity index (χ1n) is 5.81. The zero-order valence-electron chi connectivity index (χ0n) is 10.3. The average molecular weight is 247 g/mol. The Kier molecular flexibility index (Phi) is 3.64. The van der Waals surface area contributed by atoms with Gasteiger partial charge in [0, 0.05) is 37.2 Å². The van der Waals surface area contributed by atoms with Gasteiger partial charge >= 0.3 is 0 Å². The summed E-state index contributed by atoms with van der Waals surface area (Å²) in [6, 6.07) is 7.89. The predicted octanol–water partition coefficient (Wildman–Crippen LogP) is 0.446. The van der Waals surface area contributed by atoms with Gasteiger partial charge in [0.25, 0.3) is 5.91 Å². The summed E-state index contributed by atoms with van der Waals surface area (Å²) in [4.78, 5) is 16.4. The van der Waals surface area contributed by atoms with Crippen LogP contribution >= 0.6 is 0 Å². The lowest BCUT2D eigenvalue weighted by Crippen LogP contribution is -2.40. The van der Waals surface area contributed by atoms with E-state index in [1.807, 2.05) is 30.5 Å². The topological polar surface area (TPSA) is 82.3 Å². The Morgan fingerprint density at radius 2 is 2.22 bits per heavy atom. The number of nitrogens with one attached hydrogen (secondary N) is 1. The quantitative estimate of drug-likeness (QED) is 0.733. The summed E-state index contributed by atoms with van der Waals surface area (Å²) in [6.45, 7) is 0.386. The number of rotatable bonds is 4. The molecule has 2 rings (SSSR count). The van der Waals surface area contributed by atoms with Gasteiger partial charge in [0.05, 0.1) is 0 Å². The molecule has 0 bridgehead atoms. The lowest BCUT2D eigenvalue weighted by molar-refractivity contribution is -0.138. The number of aromatic amines is 1. The third-order valence-corrected chi connectivity index (χ3v) is 2.97. The fraction of sp³-hybridized carbons (Fsp3) is 0.308. The summed E-state index contributed by atoms with van der Waals surface area (Å²) in [6.07, 6.45) is 0.753. The predicted molar refractivity (Wildman–Crippen MR) is 69.8 cm³/mol. The summed E-state index contributed by atoms with van der Waals surface area (Å²) in [7, 11) is 1.66. The molecule has 0 aliphatic rings. The van der Waals surface area contributed by atoms with E-state index in [9.17, 15) is 9.90 Å². The number of para-hydroxylation sites is 1. The van der Waals surface area contributed by atoms with Crippen LogP contribution in [0, 0.1) is 0 Å². The van der Waals surface area contributed by atoms with Crippen molar-refractivity contribution in [3.8, 4) is 0 Å². The lowest BCUT2D eigenvalue weighted by Gasteiger charge is -2.19. The Morgan fingerprint density at radius 3 is 2.94 bits per heavy atom. The molecule has 5 nitrogen and oxygen atoms in total. The van der Waals surface area contributed by atoms with Crippen molar-refractivity contribution in [3.63, 3.8) is 0 Å². The molecule has 0 radical (unpaired) electrons. The smallest absolute Gasteiger partial charge is 0.252 e. The number of aromatic nitrogens is 1. The Hall–Kier alpha value is -1.85. The molecule has 5 heteroatoms. The van der Waals surface area contributed by atoms with Crippen LogP contribution in [-0.2, 0) is 11.3 Å². The first-order valence-corrected chi connectivity index (χ1v) is 5.81. The van der Waals surface area contributed by atoms with Crippen molar-refractivity contribution in [1.82, 2.24) is 9.88 Å². The number of H-pyrrole nitrogens is 1. The molecule has 1 amide bonds. The Labute approximate surface area is 105 Å². The molecular formula is C13H17N3O2. The molecule has 0 fully saturated rings. The molecular weight excluding hydrogens is 230 g/mol. The van der Waals surface area contributed by atoms with Crippen LogP contribution in [-0.4, -0.2) is 40.6 Å². The number of nitrogens with zero attached hydrogens (tertiary/aromatic N) is 1. The zero-order chi connectivity index (χ0) is 13.1. The molecule has 1 unspecified atom stereocenters. The highest BCUT2D eigenvalue weighted by atomic mass is 16.3. The number of benzene rings is 1. The number of fused-ring (bicyclic) bond motifs is 1. The Balaban J connectivity index is 2.16. The number of hydrogen-bond acceptors (Lipinski definition) is 3. The van der Waals surface area contributed by atoms with Crippen LogP contribution in [0.5, 0.6) is 0 Å². The molecule has 1 heterocycles. The van der Waals surface area contributed by atoms with Gasteiger partial charge in [-0.1, -0.05) is 18.2 Å². The summed E-state index contributed by atoms with van der Waals surface area (Å²) in [5, 5.41) is 10.5. The van der Waals surface area contributed by atoms with Crippen LogP contribution in [0.15, 0.2) is 30.5 Å². The fourth-order valence-corrected chi connectivity index (χ4v) is 1.95. The molecule has 0 spiro atoms. The van der Waals surface area contributed by atoms with E-state index in [1.54, 1.807) is 7.05 Å². The van der Waals surface area contributed by atoms with Crippen LogP contribution < -0.4 is 5.73 Å². The summed E-state index contributed by atoms with van der Waals surface area (Å²) in [5.74, 6) is -0.359. The van der Waals surface area contributed by atoms with Crippen LogP contribution in [0.4, 0.5) is 0 Å². The second kappa shape index (κ2) is 5.20. The highest BCUT2D eigenvalue weighted by Gasteiger charge is 2.18. The molecule has 1 aromatic carbocycles. The molecule has 18 heavy (non-hydrogen) atoms. The fourth-order valence-electron chi connectivity index (χ4n) is 1.95. The van der Waals surface area contributed by atoms with Gasteiger partial charge in [0.2, 0.25) is 0 Å². The second-order valence-corrected chi connectivity index (χ2v) is 4.31. The molecule has 1 aromatic heterocycles. The third-order valence-electron chi connectivity index (χ3n) is 2.97. The molecule has 0 saturated carbocycles. The van der Waals surface area contributed by atoms with E-state index in [0.29, 0.717) is 6.54 Å². The van der Waals surface area contributed by atoms with Gasteiger partial charge in [0.15, 0.2) is 0 Å². The highest BCUT2D eigenvalue weighted by molar-refractivity contribution is 5.84. The third kappa shape index (κ3) is 2.37. The Bertz CT molecular complexity index is 550. The van der Waals surface area contributed by atoms with E-state index in [1.165, 1.54) is 4.90 Å². The average Bonchev–Trinajstić information content (AvgIpc) is 2.80. The van der Waals surface area contributed by atoms with Gasteiger partial charge < -0.3 is 20.7 Å². The molecule has 0 saturated heterocycles. The molecule has 96 valence electrons. The van der Waals surface area contributed by atoms with Gasteiger partial charge in [-0.2, -0.15) is 0 Å². The van der Waals surface area contributed by atoms with E-state index in [2.05, 4.69) is 4.98 Å².